The topological polar surface area (TPSA) is 79.8 Å². The van der Waals surface area contributed by atoms with Crippen LogP contribution in [0.1, 0.15) is 12.8 Å². The number of aromatic nitrogens is 2. The first-order chi connectivity index (χ1) is 16.9. The number of likely N-dealkylation sites (tertiary alicyclic amines) is 2. The van der Waals surface area contributed by atoms with Crippen LogP contribution in [0.15, 0.2) is 36.7 Å². The van der Waals surface area contributed by atoms with Crippen LogP contribution in [0.25, 0.3) is 10.9 Å². The van der Waals surface area contributed by atoms with E-state index >= 15 is 0 Å². The molecule has 1 aromatic heterocycles. The van der Waals surface area contributed by atoms with Crippen LogP contribution >= 0.6 is 11.6 Å². The highest BCUT2D eigenvalue weighted by molar-refractivity contribution is 6.31. The van der Waals surface area contributed by atoms with E-state index in [1.54, 1.807) is 19.2 Å². The average molecular weight is 500 g/mol. The van der Waals surface area contributed by atoms with Crippen molar-refractivity contribution >= 4 is 39.9 Å². The Morgan fingerprint density at radius 1 is 1.20 bits per heavy atom. The van der Waals surface area contributed by atoms with Gasteiger partial charge in [-0.05, 0) is 37.2 Å². The molecule has 1 atom stereocenters. The maximum absolute atomic E-state index is 13.5. The van der Waals surface area contributed by atoms with Gasteiger partial charge in [0.25, 0.3) is 0 Å². The van der Waals surface area contributed by atoms with E-state index in [4.69, 9.17) is 21.1 Å². The third-order valence-electron chi connectivity index (χ3n) is 6.81. The second kappa shape index (κ2) is 9.47. The number of hydrogen-bond acceptors (Lipinski definition) is 7. The van der Waals surface area contributed by atoms with E-state index in [-0.39, 0.29) is 16.3 Å². The summed E-state index contributed by atoms with van der Waals surface area (Å²) in [6.07, 6.45) is 3.11. The highest BCUT2D eigenvalue weighted by Gasteiger charge is 2.46. The fourth-order valence-corrected chi connectivity index (χ4v) is 5.21. The van der Waals surface area contributed by atoms with Gasteiger partial charge in [0, 0.05) is 55.7 Å². The first kappa shape index (κ1) is 23.6. The van der Waals surface area contributed by atoms with Gasteiger partial charge in [-0.15, -0.1) is 0 Å². The van der Waals surface area contributed by atoms with E-state index < -0.39 is 5.82 Å². The van der Waals surface area contributed by atoms with Gasteiger partial charge in [-0.1, -0.05) is 11.6 Å². The van der Waals surface area contributed by atoms with E-state index in [2.05, 4.69) is 20.2 Å². The van der Waals surface area contributed by atoms with Crippen LogP contribution in [0.4, 0.5) is 15.9 Å². The molecule has 2 aromatic carbocycles. The molecule has 1 amide bonds. The number of anilines is 2. The Kier molecular flexibility index (Phi) is 6.37. The van der Waals surface area contributed by atoms with Crippen molar-refractivity contribution in [3.63, 3.8) is 0 Å². The molecule has 0 radical (unpaired) electrons. The number of hydrogen-bond donors (Lipinski definition) is 1. The normalized spacial score (nSPS) is 20.2. The molecule has 5 rings (SSSR count). The van der Waals surface area contributed by atoms with Gasteiger partial charge < -0.3 is 19.7 Å². The third-order valence-corrected chi connectivity index (χ3v) is 7.10. The molecule has 3 aromatic rings. The number of nitrogens with zero attached hydrogens (tertiary/aromatic N) is 4. The fourth-order valence-electron chi connectivity index (χ4n) is 5.03. The first-order valence-electron chi connectivity index (χ1n) is 11.5. The van der Waals surface area contributed by atoms with Crippen LogP contribution in [0.2, 0.25) is 5.02 Å². The maximum atomic E-state index is 13.5. The van der Waals surface area contributed by atoms with E-state index in [0.29, 0.717) is 41.5 Å². The van der Waals surface area contributed by atoms with Gasteiger partial charge in [-0.2, -0.15) is 0 Å². The van der Waals surface area contributed by atoms with Gasteiger partial charge in [-0.3, -0.25) is 9.69 Å². The van der Waals surface area contributed by atoms with Crippen molar-refractivity contribution in [1.82, 2.24) is 19.8 Å². The lowest BCUT2D eigenvalue weighted by atomic mass is 9.86. The lowest BCUT2D eigenvalue weighted by Gasteiger charge is -2.23. The van der Waals surface area contributed by atoms with Gasteiger partial charge >= 0.3 is 0 Å². The van der Waals surface area contributed by atoms with Crippen molar-refractivity contribution in [3.8, 4) is 11.5 Å². The van der Waals surface area contributed by atoms with Crippen LogP contribution in [-0.4, -0.2) is 72.6 Å². The summed E-state index contributed by atoms with van der Waals surface area (Å²) < 4.78 is 25.2. The molecule has 1 spiro atoms. The second-order valence-corrected chi connectivity index (χ2v) is 9.70. The minimum absolute atomic E-state index is 0.0244. The highest BCUT2D eigenvalue weighted by Crippen LogP contribution is 2.40. The zero-order chi connectivity index (χ0) is 24.6. The lowest BCUT2D eigenvalue weighted by Crippen LogP contribution is -2.32. The quantitative estimate of drug-likeness (QED) is 0.524. The van der Waals surface area contributed by atoms with Crippen molar-refractivity contribution in [2.24, 2.45) is 5.41 Å². The summed E-state index contributed by atoms with van der Waals surface area (Å²) in [5.41, 5.74) is 1.36. The minimum atomic E-state index is -0.486. The Labute approximate surface area is 208 Å². The number of rotatable bonds is 7. The predicted octanol–water partition coefficient (Wildman–Crippen LogP) is 4.11. The summed E-state index contributed by atoms with van der Waals surface area (Å²) in [5.74, 6) is 1.45. The summed E-state index contributed by atoms with van der Waals surface area (Å²) in [6.45, 7) is 3.93. The SMILES string of the molecule is COc1cc2ncnc(Nc3ccc(F)c(Cl)c3)c2cc1OCCN1CCC2(CC(=O)N(C)C2)C1. The molecule has 35 heavy (non-hydrogen) atoms. The average Bonchev–Trinajstić information content (AvgIpc) is 3.36. The Hall–Kier alpha value is -3.17. The number of fused-ring (bicyclic) bond motifs is 1. The summed E-state index contributed by atoms with van der Waals surface area (Å²) in [6, 6.07) is 8.05. The molecule has 1 N–H and O–H groups in total. The fraction of sp³-hybridized carbons (Fsp3) is 0.400. The number of halogens is 2. The van der Waals surface area contributed by atoms with E-state index in [1.807, 2.05) is 18.0 Å². The van der Waals surface area contributed by atoms with Crippen molar-refractivity contribution in [1.29, 1.82) is 0 Å². The second-order valence-electron chi connectivity index (χ2n) is 9.30. The van der Waals surface area contributed by atoms with E-state index in [9.17, 15) is 9.18 Å². The van der Waals surface area contributed by atoms with Crippen LogP contribution in [-0.2, 0) is 4.79 Å². The third kappa shape index (κ3) is 4.83. The van der Waals surface area contributed by atoms with Crippen LogP contribution in [0.3, 0.4) is 0 Å². The highest BCUT2D eigenvalue weighted by atomic mass is 35.5. The predicted molar refractivity (Wildman–Crippen MR) is 132 cm³/mol. The maximum Gasteiger partial charge on any atom is 0.223 e. The number of ether oxygens (including phenoxy) is 2. The molecule has 8 nitrogen and oxygen atoms in total. The van der Waals surface area contributed by atoms with Gasteiger partial charge in [0.05, 0.1) is 17.6 Å². The van der Waals surface area contributed by atoms with Crippen LogP contribution in [0.5, 0.6) is 11.5 Å². The molecular formula is C25H27ClFN5O3. The number of methoxy groups -OCH3 is 1. The number of benzene rings is 2. The Morgan fingerprint density at radius 3 is 2.80 bits per heavy atom. The zero-order valence-electron chi connectivity index (χ0n) is 19.7. The lowest BCUT2D eigenvalue weighted by molar-refractivity contribution is -0.126. The van der Waals surface area contributed by atoms with Crippen molar-refractivity contribution in [2.75, 3.05) is 52.3 Å². The molecule has 184 valence electrons. The molecule has 2 saturated heterocycles. The van der Waals surface area contributed by atoms with Crippen molar-refractivity contribution in [2.45, 2.75) is 12.8 Å². The molecule has 2 aliphatic rings. The summed E-state index contributed by atoms with van der Waals surface area (Å²) in [7, 11) is 3.47. The van der Waals surface area contributed by atoms with Gasteiger partial charge in [0.15, 0.2) is 11.5 Å². The largest absolute Gasteiger partial charge is 0.493 e. The smallest absolute Gasteiger partial charge is 0.223 e. The van der Waals surface area contributed by atoms with Gasteiger partial charge in [-0.25, -0.2) is 14.4 Å². The van der Waals surface area contributed by atoms with Crippen LogP contribution in [0, 0.1) is 11.2 Å². The molecule has 2 aliphatic heterocycles. The Morgan fingerprint density at radius 2 is 2.06 bits per heavy atom. The van der Waals surface area contributed by atoms with Crippen molar-refractivity contribution < 1.29 is 18.7 Å². The monoisotopic (exact) mass is 499 g/mol. The van der Waals surface area contributed by atoms with Gasteiger partial charge in [0.2, 0.25) is 5.91 Å². The Balaban J connectivity index is 1.30. The summed E-state index contributed by atoms with van der Waals surface area (Å²) in [5, 5.41) is 3.93. The number of nitrogens with one attached hydrogen (secondary N) is 1. The van der Waals surface area contributed by atoms with Gasteiger partial charge in [0.1, 0.15) is 24.6 Å². The summed E-state index contributed by atoms with van der Waals surface area (Å²) in [4.78, 5) is 24.9. The molecule has 1 unspecified atom stereocenters. The summed E-state index contributed by atoms with van der Waals surface area (Å²) >= 11 is 5.92. The minimum Gasteiger partial charge on any atom is -0.493 e. The van der Waals surface area contributed by atoms with Crippen molar-refractivity contribution in [3.05, 3.63) is 47.5 Å². The number of amides is 1. The molecular weight excluding hydrogens is 473 g/mol. The number of carbonyl (C=O) groups is 1. The molecule has 0 aliphatic carbocycles. The molecule has 0 bridgehead atoms. The van der Waals surface area contributed by atoms with Crippen LogP contribution < -0.4 is 14.8 Å². The van der Waals surface area contributed by atoms with E-state index in [0.717, 1.165) is 38.0 Å². The van der Waals surface area contributed by atoms with E-state index in [1.165, 1.54) is 18.5 Å². The zero-order valence-corrected chi connectivity index (χ0v) is 20.4. The molecule has 3 heterocycles. The molecule has 0 saturated carbocycles. The first-order valence-corrected chi connectivity index (χ1v) is 11.9. The molecule has 10 heteroatoms. The molecule has 2 fully saturated rings. The standard InChI is InChI=1S/C25H27ClFN5O3/c1-31-13-25(12-23(31)33)5-6-32(14-25)7-8-35-22-10-17-20(11-21(22)34-2)28-15-29-24(17)30-16-3-4-19(27)18(26)9-16/h3-4,9-11,15H,5-8,12-14H2,1-2H3,(H,28,29,30). The number of carbonyl (C=O) groups excluding carboxylic acids is 1. The Bertz CT molecular complexity index is 1280.